The van der Waals surface area contributed by atoms with Gasteiger partial charge < -0.3 is 19.9 Å². The van der Waals surface area contributed by atoms with Gasteiger partial charge in [-0.15, -0.1) is 0 Å². The number of halogens is 1. The van der Waals surface area contributed by atoms with Crippen molar-refractivity contribution in [1.29, 1.82) is 0 Å². The molecule has 1 atom stereocenters. The van der Waals surface area contributed by atoms with E-state index in [1.807, 2.05) is 61.5 Å². The van der Waals surface area contributed by atoms with Crippen molar-refractivity contribution in [3.05, 3.63) is 131 Å². The second-order valence-corrected chi connectivity index (χ2v) is 12.0. The number of aromatic hydroxyl groups is 1. The number of rotatable bonds is 6. The fourth-order valence-corrected chi connectivity index (χ4v) is 5.77. The summed E-state index contributed by atoms with van der Waals surface area (Å²) in [6, 6.07) is 26.3. The highest BCUT2D eigenvalue weighted by molar-refractivity contribution is 6.01. The number of anilines is 2. The largest absolute Gasteiger partial charge is 0.506 e. The van der Waals surface area contributed by atoms with Crippen molar-refractivity contribution in [2.75, 3.05) is 16.8 Å². The quantitative estimate of drug-likeness (QED) is 0.228. The van der Waals surface area contributed by atoms with Crippen molar-refractivity contribution >= 4 is 17.3 Å². The molecule has 0 saturated carbocycles. The van der Waals surface area contributed by atoms with Crippen LogP contribution < -0.4 is 15.0 Å². The first-order valence-electron chi connectivity index (χ1n) is 14.5. The Hall–Kier alpha value is -4.78. The number of para-hydroxylation sites is 1. The minimum Gasteiger partial charge on any atom is -0.506 e. The number of nitrogens with zero attached hydrogens (tertiary/aromatic N) is 1. The Kier molecular flexibility index (Phi) is 7.57. The van der Waals surface area contributed by atoms with E-state index >= 15 is 4.39 Å². The molecule has 0 spiro atoms. The highest BCUT2D eigenvalue weighted by Gasteiger charge is 2.42. The normalized spacial score (nSPS) is 17.2. The molecule has 2 heterocycles. The summed E-state index contributed by atoms with van der Waals surface area (Å²) in [5.41, 5.74) is 4.43. The number of nitrogens with one attached hydrogen (secondary N) is 1. The molecule has 0 fully saturated rings. The van der Waals surface area contributed by atoms with Crippen LogP contribution in [0.2, 0.25) is 0 Å². The van der Waals surface area contributed by atoms with Crippen LogP contribution in [0.3, 0.4) is 0 Å². The fraction of sp³-hybridized carbons (Fsp3) is 0.250. The molecule has 6 rings (SSSR count). The molecule has 4 aromatic carbocycles. The van der Waals surface area contributed by atoms with Crippen LogP contribution in [0.15, 0.2) is 102 Å². The van der Waals surface area contributed by atoms with Crippen LogP contribution in [-0.2, 0) is 22.6 Å². The number of ether oxygens (including phenoxy) is 2. The molecule has 1 unspecified atom stereocenters. The minimum absolute atomic E-state index is 0.00722. The molecule has 220 valence electrons. The number of aryl methyl sites for hydroxylation is 1. The summed E-state index contributed by atoms with van der Waals surface area (Å²) in [4.78, 5) is 15.9. The molecule has 0 radical (unpaired) electrons. The van der Waals surface area contributed by atoms with Crippen LogP contribution in [-0.4, -0.2) is 17.6 Å². The van der Waals surface area contributed by atoms with Gasteiger partial charge in [0.1, 0.15) is 41.4 Å². The predicted molar refractivity (Wildman–Crippen MR) is 165 cm³/mol. The summed E-state index contributed by atoms with van der Waals surface area (Å²) < 4.78 is 28.5. The zero-order valence-corrected chi connectivity index (χ0v) is 24.6. The van der Waals surface area contributed by atoms with E-state index in [0.717, 1.165) is 16.7 Å². The number of phenols is 1. The molecule has 0 saturated heterocycles. The van der Waals surface area contributed by atoms with E-state index < -0.39 is 11.9 Å². The van der Waals surface area contributed by atoms with E-state index in [-0.39, 0.29) is 29.1 Å². The van der Waals surface area contributed by atoms with Gasteiger partial charge in [-0.3, -0.25) is 9.69 Å². The van der Waals surface area contributed by atoms with Crippen LogP contribution in [0.4, 0.5) is 15.8 Å². The first-order chi connectivity index (χ1) is 20.7. The fourth-order valence-electron chi connectivity index (χ4n) is 5.77. The molecule has 0 aromatic heterocycles. The Balaban J connectivity index is 1.47. The molecule has 43 heavy (non-hydrogen) atoms. The van der Waals surface area contributed by atoms with Gasteiger partial charge >= 0.3 is 0 Å². The lowest BCUT2D eigenvalue weighted by atomic mass is 9.85. The standard InChI is InChI=1S/C36H35FN2O4/c1-23-10-7-8-13-25(23)18-32(41)39-30-14-9-15-31(40)33(30)38-29-20-36(2,3)22-43-35(29)34(39)27-17-16-26(19-28(27)37)42-21-24-11-5-4-6-12-24/h4-17,19,34,38,40H,18,20-22H2,1-3H3. The lowest BCUT2D eigenvalue weighted by Gasteiger charge is -2.38. The Bertz CT molecular complexity index is 1700. The molecule has 2 aliphatic rings. The maximum Gasteiger partial charge on any atom is 0.232 e. The molecule has 0 bridgehead atoms. The number of allylic oxidation sites excluding steroid dienone is 1. The van der Waals surface area contributed by atoms with Crippen molar-refractivity contribution in [2.45, 2.75) is 46.3 Å². The van der Waals surface area contributed by atoms with Crippen molar-refractivity contribution < 1.29 is 23.8 Å². The number of benzene rings is 4. The van der Waals surface area contributed by atoms with Gasteiger partial charge in [-0.1, -0.05) is 74.5 Å². The van der Waals surface area contributed by atoms with E-state index in [4.69, 9.17) is 9.47 Å². The summed E-state index contributed by atoms with van der Waals surface area (Å²) in [6.07, 6.45) is 0.679. The first kappa shape index (κ1) is 28.3. The summed E-state index contributed by atoms with van der Waals surface area (Å²) in [5, 5.41) is 14.4. The molecular formula is C36H35FN2O4. The second-order valence-electron chi connectivity index (χ2n) is 12.0. The molecule has 4 aromatic rings. The topological polar surface area (TPSA) is 71.0 Å². The van der Waals surface area contributed by atoms with E-state index in [9.17, 15) is 9.90 Å². The highest BCUT2D eigenvalue weighted by Crippen LogP contribution is 2.50. The van der Waals surface area contributed by atoms with Crippen molar-refractivity contribution in [1.82, 2.24) is 0 Å². The van der Waals surface area contributed by atoms with Gasteiger partial charge in [0.05, 0.1) is 24.4 Å². The monoisotopic (exact) mass is 578 g/mol. The van der Waals surface area contributed by atoms with Crippen LogP contribution in [0.5, 0.6) is 11.5 Å². The number of phenolic OH excluding ortho intramolecular Hbond substituents is 1. The van der Waals surface area contributed by atoms with Gasteiger partial charge in [0, 0.05) is 17.0 Å². The summed E-state index contributed by atoms with van der Waals surface area (Å²) >= 11 is 0. The Morgan fingerprint density at radius 3 is 2.58 bits per heavy atom. The Morgan fingerprint density at radius 1 is 1.05 bits per heavy atom. The number of amides is 1. The van der Waals surface area contributed by atoms with E-state index in [2.05, 4.69) is 19.2 Å². The zero-order valence-electron chi connectivity index (χ0n) is 24.6. The van der Waals surface area contributed by atoms with E-state index in [0.29, 0.717) is 48.2 Å². The molecule has 2 aliphatic heterocycles. The van der Waals surface area contributed by atoms with Gasteiger partial charge in [-0.25, -0.2) is 4.39 Å². The SMILES string of the molecule is Cc1ccccc1CC(=O)N1c2cccc(O)c2NC2=C(OCC(C)(C)C2)C1c1ccc(OCc2ccccc2)cc1F. The van der Waals surface area contributed by atoms with Crippen LogP contribution >= 0.6 is 0 Å². The lowest BCUT2D eigenvalue weighted by Crippen LogP contribution is -2.39. The van der Waals surface area contributed by atoms with E-state index in [1.54, 1.807) is 35.2 Å². The van der Waals surface area contributed by atoms with Gasteiger partial charge in [-0.2, -0.15) is 0 Å². The van der Waals surface area contributed by atoms with Gasteiger partial charge in [0.15, 0.2) is 0 Å². The predicted octanol–water partition coefficient (Wildman–Crippen LogP) is 7.82. The van der Waals surface area contributed by atoms with Gasteiger partial charge in [0.25, 0.3) is 0 Å². The molecule has 2 N–H and O–H groups in total. The van der Waals surface area contributed by atoms with Gasteiger partial charge in [0.2, 0.25) is 5.91 Å². The number of carbonyl (C=O) groups excluding carboxylic acids is 1. The van der Waals surface area contributed by atoms with Crippen LogP contribution in [0.1, 0.15) is 48.6 Å². The molecular weight excluding hydrogens is 543 g/mol. The van der Waals surface area contributed by atoms with E-state index in [1.165, 1.54) is 6.07 Å². The van der Waals surface area contributed by atoms with Crippen LogP contribution in [0.25, 0.3) is 0 Å². The molecule has 0 aliphatic carbocycles. The summed E-state index contributed by atoms with van der Waals surface area (Å²) in [6.45, 7) is 6.83. The Labute approximate surface area is 251 Å². The van der Waals surface area contributed by atoms with Crippen molar-refractivity contribution in [2.24, 2.45) is 5.41 Å². The molecule has 7 heteroatoms. The number of hydrogen-bond acceptors (Lipinski definition) is 5. The summed E-state index contributed by atoms with van der Waals surface area (Å²) in [5.74, 6) is 0.0665. The number of hydrogen-bond donors (Lipinski definition) is 2. The maximum absolute atomic E-state index is 16.2. The van der Waals surface area contributed by atoms with Crippen molar-refractivity contribution in [3.63, 3.8) is 0 Å². The smallest absolute Gasteiger partial charge is 0.232 e. The highest BCUT2D eigenvalue weighted by atomic mass is 19.1. The molecule has 1 amide bonds. The second kappa shape index (κ2) is 11.5. The number of carbonyl (C=O) groups is 1. The third kappa shape index (κ3) is 5.80. The van der Waals surface area contributed by atoms with Gasteiger partial charge in [-0.05, 0) is 54.3 Å². The molecule has 6 nitrogen and oxygen atoms in total. The maximum atomic E-state index is 16.2. The zero-order chi connectivity index (χ0) is 30.1. The minimum atomic E-state index is -0.915. The first-order valence-corrected chi connectivity index (χ1v) is 14.5. The lowest BCUT2D eigenvalue weighted by molar-refractivity contribution is -0.118. The average Bonchev–Trinajstić information content (AvgIpc) is 3.12. The average molecular weight is 579 g/mol. The Morgan fingerprint density at radius 2 is 1.81 bits per heavy atom. The van der Waals surface area contributed by atoms with Crippen LogP contribution in [0, 0.1) is 18.2 Å². The third-order valence-electron chi connectivity index (χ3n) is 8.02. The summed E-state index contributed by atoms with van der Waals surface area (Å²) in [7, 11) is 0. The van der Waals surface area contributed by atoms with Crippen molar-refractivity contribution in [3.8, 4) is 11.5 Å². The number of fused-ring (bicyclic) bond motifs is 1. The third-order valence-corrected chi connectivity index (χ3v) is 8.02.